The average Bonchev–Trinajstić information content (AvgIpc) is 2.84. The summed E-state index contributed by atoms with van der Waals surface area (Å²) in [5.74, 6) is -1.24. The van der Waals surface area contributed by atoms with Gasteiger partial charge in [0.2, 0.25) is 0 Å². The fraction of sp³-hybridized carbons (Fsp3) is 0.214. The lowest BCUT2D eigenvalue weighted by molar-refractivity contribution is -0.136. The summed E-state index contributed by atoms with van der Waals surface area (Å²) in [5.41, 5.74) is 6.98. The number of para-hydroxylation sites is 1. The highest BCUT2D eigenvalue weighted by atomic mass is 16.5. The first-order chi connectivity index (χ1) is 17.7. The third-order valence-electron chi connectivity index (χ3n) is 5.11. The first-order valence-corrected chi connectivity index (χ1v) is 11.7. The highest BCUT2D eigenvalue weighted by Gasteiger charge is 2.14. The topological polar surface area (TPSA) is 118 Å². The van der Waals surface area contributed by atoms with Crippen molar-refractivity contribution in [3.05, 3.63) is 82.9 Å². The minimum atomic E-state index is -0.903. The molecule has 0 aliphatic carbocycles. The van der Waals surface area contributed by atoms with E-state index in [9.17, 15) is 14.4 Å². The third kappa shape index (κ3) is 8.21. The van der Waals surface area contributed by atoms with Crippen LogP contribution in [0.4, 0.5) is 11.4 Å². The molecule has 0 atom stereocenters. The Morgan fingerprint density at radius 2 is 1.57 bits per heavy atom. The van der Waals surface area contributed by atoms with E-state index in [1.807, 2.05) is 58.0 Å². The number of hydrazone groups is 1. The monoisotopic (exact) mass is 502 g/mol. The molecule has 0 aliphatic heterocycles. The number of carbonyl (C=O) groups is 3. The van der Waals surface area contributed by atoms with Gasteiger partial charge in [-0.1, -0.05) is 24.3 Å². The molecule has 3 rings (SSSR count). The Hall–Kier alpha value is -4.66. The minimum absolute atomic E-state index is 0.202. The maximum Gasteiger partial charge on any atom is 0.329 e. The lowest BCUT2D eigenvalue weighted by Crippen LogP contribution is -2.32. The van der Waals surface area contributed by atoms with E-state index in [0.29, 0.717) is 35.0 Å². The number of hydrogen-bond acceptors (Lipinski definition) is 6. The summed E-state index contributed by atoms with van der Waals surface area (Å²) >= 11 is 0. The standard InChI is InChI=1S/C28H30N4O5/c1-5-36-25-15-21(16-29-32-28(35)27(34)31-23-9-7-6-8-20(23)4)10-11-24(25)37-17-26(33)30-22-13-18(2)12-19(3)14-22/h6-16H,5,17H2,1-4H3,(H,30,33)(H,31,34)(H,32,35)/b29-16-. The van der Waals surface area contributed by atoms with Gasteiger partial charge in [0.05, 0.1) is 12.8 Å². The summed E-state index contributed by atoms with van der Waals surface area (Å²) in [6, 6.07) is 17.9. The molecule has 0 saturated heterocycles. The van der Waals surface area contributed by atoms with Crippen molar-refractivity contribution in [1.29, 1.82) is 0 Å². The average molecular weight is 503 g/mol. The second kappa shape index (κ2) is 12.9. The van der Waals surface area contributed by atoms with Crippen molar-refractivity contribution in [2.75, 3.05) is 23.8 Å². The summed E-state index contributed by atoms with van der Waals surface area (Å²) in [6.07, 6.45) is 1.37. The lowest BCUT2D eigenvalue weighted by Gasteiger charge is -2.13. The van der Waals surface area contributed by atoms with Crippen molar-refractivity contribution in [3.8, 4) is 11.5 Å². The second-order valence-electron chi connectivity index (χ2n) is 8.32. The number of ether oxygens (including phenoxy) is 2. The zero-order valence-electron chi connectivity index (χ0n) is 21.3. The highest BCUT2D eigenvalue weighted by Crippen LogP contribution is 2.28. The summed E-state index contributed by atoms with van der Waals surface area (Å²) in [7, 11) is 0. The molecule has 0 heterocycles. The van der Waals surface area contributed by atoms with Crippen LogP contribution in [0.25, 0.3) is 0 Å². The van der Waals surface area contributed by atoms with Crippen molar-refractivity contribution >= 4 is 35.3 Å². The van der Waals surface area contributed by atoms with Crippen molar-refractivity contribution in [2.24, 2.45) is 5.10 Å². The quantitative estimate of drug-likeness (QED) is 0.231. The lowest BCUT2D eigenvalue weighted by atomic mass is 10.1. The Morgan fingerprint density at radius 1 is 0.838 bits per heavy atom. The van der Waals surface area contributed by atoms with Crippen molar-refractivity contribution < 1.29 is 23.9 Å². The van der Waals surface area contributed by atoms with Gasteiger partial charge in [0.1, 0.15) is 0 Å². The molecule has 192 valence electrons. The molecule has 0 aromatic heterocycles. The summed E-state index contributed by atoms with van der Waals surface area (Å²) in [5, 5.41) is 9.21. The van der Waals surface area contributed by atoms with E-state index in [2.05, 4.69) is 21.2 Å². The van der Waals surface area contributed by atoms with Crippen LogP contribution in [-0.2, 0) is 14.4 Å². The van der Waals surface area contributed by atoms with Crippen LogP contribution in [0.3, 0.4) is 0 Å². The molecule has 37 heavy (non-hydrogen) atoms. The molecule has 9 heteroatoms. The predicted octanol–water partition coefficient (Wildman–Crippen LogP) is 4.12. The molecule has 0 unspecified atom stereocenters. The Kier molecular flexibility index (Phi) is 9.37. The SMILES string of the molecule is CCOc1cc(/C=N\NC(=O)C(=O)Nc2ccccc2C)ccc1OCC(=O)Nc1cc(C)cc(C)c1. The van der Waals surface area contributed by atoms with E-state index < -0.39 is 11.8 Å². The molecule has 3 aromatic carbocycles. The first-order valence-electron chi connectivity index (χ1n) is 11.7. The number of anilines is 2. The van der Waals surface area contributed by atoms with Crippen molar-refractivity contribution in [1.82, 2.24) is 5.43 Å². The van der Waals surface area contributed by atoms with Crippen LogP contribution < -0.4 is 25.5 Å². The summed E-state index contributed by atoms with van der Waals surface area (Å²) in [6.45, 7) is 7.75. The van der Waals surface area contributed by atoms with Crippen LogP contribution in [-0.4, -0.2) is 37.1 Å². The molecule has 0 radical (unpaired) electrons. The van der Waals surface area contributed by atoms with Gasteiger partial charge in [-0.25, -0.2) is 5.43 Å². The van der Waals surface area contributed by atoms with E-state index in [0.717, 1.165) is 16.7 Å². The van der Waals surface area contributed by atoms with Gasteiger partial charge in [-0.05, 0) is 86.3 Å². The molecule has 0 bridgehead atoms. The number of rotatable bonds is 9. The van der Waals surface area contributed by atoms with Crippen LogP contribution in [0.2, 0.25) is 0 Å². The van der Waals surface area contributed by atoms with E-state index in [-0.39, 0.29) is 12.5 Å². The van der Waals surface area contributed by atoms with Gasteiger partial charge in [-0.2, -0.15) is 5.10 Å². The van der Waals surface area contributed by atoms with Crippen molar-refractivity contribution in [2.45, 2.75) is 27.7 Å². The number of aryl methyl sites for hydroxylation is 3. The van der Waals surface area contributed by atoms with Crippen LogP contribution in [0.1, 0.15) is 29.2 Å². The second-order valence-corrected chi connectivity index (χ2v) is 8.32. The molecule has 3 amide bonds. The molecule has 3 aromatic rings. The largest absolute Gasteiger partial charge is 0.490 e. The molecule has 0 spiro atoms. The number of nitrogens with zero attached hydrogens (tertiary/aromatic N) is 1. The Balaban J connectivity index is 1.57. The van der Waals surface area contributed by atoms with Gasteiger partial charge in [0, 0.05) is 11.4 Å². The van der Waals surface area contributed by atoms with Gasteiger partial charge >= 0.3 is 11.8 Å². The molecule has 0 saturated carbocycles. The van der Waals surface area contributed by atoms with Crippen LogP contribution >= 0.6 is 0 Å². The number of hydrogen-bond donors (Lipinski definition) is 3. The fourth-order valence-electron chi connectivity index (χ4n) is 3.49. The van der Waals surface area contributed by atoms with Gasteiger partial charge < -0.3 is 20.1 Å². The van der Waals surface area contributed by atoms with Crippen LogP contribution in [0.15, 0.2) is 65.8 Å². The predicted molar refractivity (Wildman–Crippen MR) is 143 cm³/mol. The Bertz CT molecular complexity index is 1300. The maximum absolute atomic E-state index is 12.4. The smallest absolute Gasteiger partial charge is 0.329 e. The summed E-state index contributed by atoms with van der Waals surface area (Å²) in [4.78, 5) is 36.5. The number of benzene rings is 3. The van der Waals surface area contributed by atoms with Gasteiger partial charge in [-0.15, -0.1) is 0 Å². The van der Waals surface area contributed by atoms with Crippen LogP contribution in [0, 0.1) is 20.8 Å². The Labute approximate surface area is 215 Å². The molecule has 0 fully saturated rings. The molecular formula is C28H30N4O5. The molecule has 0 aliphatic rings. The Morgan fingerprint density at radius 3 is 2.27 bits per heavy atom. The van der Waals surface area contributed by atoms with Crippen molar-refractivity contribution in [3.63, 3.8) is 0 Å². The zero-order chi connectivity index (χ0) is 26.8. The van der Waals surface area contributed by atoms with E-state index in [4.69, 9.17) is 9.47 Å². The molecule has 9 nitrogen and oxygen atoms in total. The number of carbonyl (C=O) groups excluding carboxylic acids is 3. The number of nitrogens with one attached hydrogen (secondary N) is 3. The molecular weight excluding hydrogens is 472 g/mol. The highest BCUT2D eigenvalue weighted by molar-refractivity contribution is 6.39. The first kappa shape index (κ1) is 26.9. The van der Waals surface area contributed by atoms with Gasteiger partial charge in [-0.3, -0.25) is 14.4 Å². The van der Waals surface area contributed by atoms with E-state index in [1.54, 1.807) is 30.3 Å². The van der Waals surface area contributed by atoms with Crippen LogP contribution in [0.5, 0.6) is 11.5 Å². The fourth-order valence-corrected chi connectivity index (χ4v) is 3.49. The van der Waals surface area contributed by atoms with Gasteiger partial charge in [0.15, 0.2) is 18.1 Å². The van der Waals surface area contributed by atoms with Gasteiger partial charge in [0.25, 0.3) is 5.91 Å². The number of amides is 3. The normalized spacial score (nSPS) is 10.6. The molecule has 3 N–H and O–H groups in total. The third-order valence-corrected chi connectivity index (χ3v) is 5.11. The van der Waals surface area contributed by atoms with E-state index in [1.165, 1.54) is 6.21 Å². The maximum atomic E-state index is 12.4. The zero-order valence-corrected chi connectivity index (χ0v) is 21.3. The summed E-state index contributed by atoms with van der Waals surface area (Å²) < 4.78 is 11.3. The van der Waals surface area contributed by atoms with E-state index >= 15 is 0 Å². The minimum Gasteiger partial charge on any atom is -0.490 e.